The molecule has 1 fully saturated rings. The van der Waals surface area contributed by atoms with Crippen LogP contribution in [-0.2, 0) is 9.53 Å². The number of carbonyl (C=O) groups is 2. The number of carbonyl (C=O) groups excluding carboxylic acids is 2. The Morgan fingerprint density at radius 2 is 2.27 bits per heavy atom. The molecule has 1 saturated heterocycles. The number of ether oxygens (including phenoxy) is 3. The smallest absolute Gasteiger partial charge is 0.407 e. The van der Waals surface area contributed by atoms with Crippen LogP contribution in [0.1, 0.15) is 25.3 Å². The van der Waals surface area contributed by atoms with Gasteiger partial charge in [0.05, 0.1) is 11.6 Å². The van der Waals surface area contributed by atoms with Gasteiger partial charge in [0.2, 0.25) is 12.7 Å². The predicted octanol–water partition coefficient (Wildman–Crippen LogP) is 2.82. The van der Waals surface area contributed by atoms with Gasteiger partial charge in [-0.25, -0.2) is 4.79 Å². The summed E-state index contributed by atoms with van der Waals surface area (Å²) in [6, 6.07) is 3.40. The highest BCUT2D eigenvalue weighted by Gasteiger charge is 2.24. The molecule has 2 amide bonds. The number of rotatable bonds is 4. The number of alkyl carbamates (subject to hydrolysis) is 1. The van der Waals surface area contributed by atoms with Gasteiger partial charge in [0.1, 0.15) is 0 Å². The Labute approximate surface area is 156 Å². The summed E-state index contributed by atoms with van der Waals surface area (Å²) in [5, 5.41) is 3.24. The molecule has 2 heterocycles. The molecule has 8 heteroatoms. The van der Waals surface area contributed by atoms with Crippen LogP contribution in [0.5, 0.6) is 11.5 Å². The molecule has 2 aliphatic rings. The molecule has 26 heavy (non-hydrogen) atoms. The standard InChI is InChI=1S/C18H21ClN2O5/c1-2-24-18(23)20-13-4-3-7-21(10-13)16(22)6-5-12-8-14(19)17-15(9-12)25-11-26-17/h5-6,8-9,13H,2-4,7,10-11H2,1H3,(H,20,23)/b6-5+/t13-/m1/s1. The maximum Gasteiger partial charge on any atom is 0.407 e. The van der Waals surface area contributed by atoms with E-state index in [0.717, 1.165) is 18.4 Å². The summed E-state index contributed by atoms with van der Waals surface area (Å²) in [6.07, 6.45) is 4.40. The van der Waals surface area contributed by atoms with Gasteiger partial charge in [-0.1, -0.05) is 11.6 Å². The molecular weight excluding hydrogens is 360 g/mol. The topological polar surface area (TPSA) is 77.1 Å². The Balaban J connectivity index is 1.60. The van der Waals surface area contributed by atoms with Gasteiger partial charge >= 0.3 is 6.09 Å². The molecule has 140 valence electrons. The summed E-state index contributed by atoms with van der Waals surface area (Å²) in [4.78, 5) is 25.7. The van der Waals surface area contributed by atoms with Gasteiger partial charge in [0, 0.05) is 25.2 Å². The quantitative estimate of drug-likeness (QED) is 0.813. The maximum absolute atomic E-state index is 12.5. The molecule has 0 bridgehead atoms. The maximum atomic E-state index is 12.5. The minimum absolute atomic E-state index is 0.0971. The molecule has 1 aromatic rings. The third kappa shape index (κ3) is 4.40. The van der Waals surface area contributed by atoms with Crippen molar-refractivity contribution < 1.29 is 23.8 Å². The Hall–Kier alpha value is -2.41. The molecule has 3 rings (SSSR count). The van der Waals surface area contributed by atoms with Gasteiger partial charge in [-0.3, -0.25) is 4.79 Å². The zero-order chi connectivity index (χ0) is 18.5. The van der Waals surface area contributed by atoms with Crippen molar-refractivity contribution in [2.24, 2.45) is 0 Å². The third-order valence-corrected chi connectivity index (χ3v) is 4.48. The number of likely N-dealkylation sites (tertiary alicyclic amines) is 1. The van der Waals surface area contributed by atoms with Crippen LogP contribution < -0.4 is 14.8 Å². The zero-order valence-electron chi connectivity index (χ0n) is 14.5. The fourth-order valence-electron chi connectivity index (χ4n) is 2.99. The van der Waals surface area contributed by atoms with Crippen molar-refractivity contribution in [3.8, 4) is 11.5 Å². The van der Waals surface area contributed by atoms with Crippen molar-refractivity contribution in [2.75, 3.05) is 26.5 Å². The molecule has 1 atom stereocenters. The van der Waals surface area contributed by atoms with Crippen molar-refractivity contribution in [3.05, 3.63) is 28.8 Å². The van der Waals surface area contributed by atoms with Gasteiger partial charge in [-0.05, 0) is 43.5 Å². The molecule has 7 nitrogen and oxygen atoms in total. The Kier molecular flexibility index (Phi) is 5.88. The molecule has 0 unspecified atom stereocenters. The van der Waals surface area contributed by atoms with Crippen LogP contribution in [0.3, 0.4) is 0 Å². The third-order valence-electron chi connectivity index (χ3n) is 4.20. The van der Waals surface area contributed by atoms with Crippen LogP contribution in [0.2, 0.25) is 5.02 Å². The van der Waals surface area contributed by atoms with Crippen LogP contribution in [0.15, 0.2) is 18.2 Å². The number of halogens is 1. The lowest BCUT2D eigenvalue weighted by molar-refractivity contribution is -0.127. The van der Waals surface area contributed by atoms with Gasteiger partial charge in [0.15, 0.2) is 11.5 Å². The highest BCUT2D eigenvalue weighted by atomic mass is 35.5. The minimum Gasteiger partial charge on any atom is -0.454 e. The van der Waals surface area contributed by atoms with Crippen LogP contribution >= 0.6 is 11.6 Å². The van der Waals surface area contributed by atoms with Gasteiger partial charge in [-0.2, -0.15) is 0 Å². The second-order valence-corrected chi connectivity index (χ2v) is 6.47. The summed E-state index contributed by atoms with van der Waals surface area (Å²) in [5.74, 6) is 0.981. The van der Waals surface area contributed by atoms with Crippen LogP contribution in [0, 0.1) is 0 Å². The van der Waals surface area contributed by atoms with Gasteiger partial charge < -0.3 is 24.4 Å². The average Bonchev–Trinajstić information content (AvgIpc) is 3.09. The summed E-state index contributed by atoms with van der Waals surface area (Å²) in [5.41, 5.74) is 0.755. The highest BCUT2D eigenvalue weighted by Crippen LogP contribution is 2.40. The van der Waals surface area contributed by atoms with Crippen molar-refractivity contribution in [1.82, 2.24) is 10.2 Å². The summed E-state index contributed by atoms with van der Waals surface area (Å²) in [6.45, 7) is 3.34. The zero-order valence-corrected chi connectivity index (χ0v) is 15.3. The first kappa shape index (κ1) is 18.4. The number of fused-ring (bicyclic) bond motifs is 1. The molecule has 1 aromatic carbocycles. The first-order chi connectivity index (χ1) is 12.6. The van der Waals surface area contributed by atoms with Crippen molar-refractivity contribution in [2.45, 2.75) is 25.8 Å². The number of benzene rings is 1. The number of nitrogens with zero attached hydrogens (tertiary/aromatic N) is 1. The Morgan fingerprint density at radius 3 is 3.08 bits per heavy atom. The van der Waals surface area contributed by atoms with E-state index in [4.69, 9.17) is 25.8 Å². The normalized spacial score (nSPS) is 18.8. The Bertz CT molecular complexity index is 722. The number of nitrogens with one attached hydrogen (secondary N) is 1. The number of hydrogen-bond acceptors (Lipinski definition) is 5. The molecule has 0 aromatic heterocycles. The van der Waals surface area contributed by atoms with Gasteiger partial charge in [-0.15, -0.1) is 0 Å². The number of piperidine rings is 1. The first-order valence-corrected chi connectivity index (χ1v) is 8.94. The van der Waals surface area contributed by atoms with Crippen LogP contribution in [0.4, 0.5) is 4.79 Å². The van der Waals surface area contributed by atoms with E-state index in [1.54, 1.807) is 30.0 Å². The van der Waals surface area contributed by atoms with E-state index in [-0.39, 0.29) is 18.7 Å². The first-order valence-electron chi connectivity index (χ1n) is 8.56. The summed E-state index contributed by atoms with van der Waals surface area (Å²) in [7, 11) is 0. The Morgan fingerprint density at radius 1 is 1.42 bits per heavy atom. The van der Waals surface area contributed by atoms with E-state index < -0.39 is 6.09 Å². The largest absolute Gasteiger partial charge is 0.454 e. The molecular formula is C18H21ClN2O5. The lowest BCUT2D eigenvalue weighted by atomic mass is 10.1. The van der Waals surface area contributed by atoms with E-state index >= 15 is 0 Å². The highest BCUT2D eigenvalue weighted by molar-refractivity contribution is 6.32. The number of hydrogen-bond donors (Lipinski definition) is 1. The lowest BCUT2D eigenvalue weighted by Crippen LogP contribution is -2.49. The van der Waals surface area contributed by atoms with E-state index in [2.05, 4.69) is 5.32 Å². The second kappa shape index (κ2) is 8.31. The van der Waals surface area contributed by atoms with E-state index in [1.165, 1.54) is 6.08 Å². The molecule has 2 aliphatic heterocycles. The monoisotopic (exact) mass is 380 g/mol. The van der Waals surface area contributed by atoms with E-state index in [0.29, 0.717) is 36.2 Å². The van der Waals surface area contributed by atoms with Crippen molar-refractivity contribution in [3.63, 3.8) is 0 Å². The van der Waals surface area contributed by atoms with Crippen LogP contribution in [-0.4, -0.2) is 49.4 Å². The van der Waals surface area contributed by atoms with Gasteiger partial charge in [0.25, 0.3) is 0 Å². The summed E-state index contributed by atoms with van der Waals surface area (Å²) < 4.78 is 15.5. The van der Waals surface area contributed by atoms with E-state index in [1.807, 2.05) is 0 Å². The SMILES string of the molecule is CCOC(=O)N[C@@H]1CCCN(C(=O)/C=C/c2cc(Cl)c3c(c2)OCO3)C1. The minimum atomic E-state index is -0.447. The van der Waals surface area contributed by atoms with Crippen LogP contribution in [0.25, 0.3) is 6.08 Å². The lowest BCUT2D eigenvalue weighted by Gasteiger charge is -2.32. The molecule has 0 saturated carbocycles. The molecule has 0 radical (unpaired) electrons. The average molecular weight is 381 g/mol. The van der Waals surface area contributed by atoms with Crippen molar-refractivity contribution >= 4 is 29.7 Å². The molecule has 0 aliphatic carbocycles. The second-order valence-electron chi connectivity index (χ2n) is 6.06. The summed E-state index contributed by atoms with van der Waals surface area (Å²) >= 11 is 6.15. The molecule has 0 spiro atoms. The van der Waals surface area contributed by atoms with Crippen molar-refractivity contribution in [1.29, 1.82) is 0 Å². The van der Waals surface area contributed by atoms with E-state index in [9.17, 15) is 9.59 Å². The fourth-order valence-corrected chi connectivity index (χ4v) is 3.26. The number of amides is 2. The predicted molar refractivity (Wildman–Crippen MR) is 96.4 cm³/mol. The fraction of sp³-hybridized carbons (Fsp3) is 0.444. The molecule has 1 N–H and O–H groups in total.